The third-order valence-electron chi connectivity index (χ3n) is 2.76. The van der Waals surface area contributed by atoms with E-state index in [0.29, 0.717) is 25.3 Å². The molecular weight excluding hydrogens is 270 g/mol. The van der Waals surface area contributed by atoms with Crippen LogP contribution in [0.2, 0.25) is 0 Å². The second-order valence-electron chi connectivity index (χ2n) is 4.49. The van der Waals surface area contributed by atoms with E-state index in [1.807, 2.05) is 13.0 Å². The van der Waals surface area contributed by atoms with Gasteiger partial charge in [-0.2, -0.15) is 0 Å². The van der Waals surface area contributed by atoms with Crippen LogP contribution in [0.1, 0.15) is 23.7 Å². The molecule has 116 valence electrons. The summed E-state index contributed by atoms with van der Waals surface area (Å²) in [6.45, 7) is 3.84. The highest BCUT2D eigenvalue weighted by Gasteiger charge is 2.05. The summed E-state index contributed by atoms with van der Waals surface area (Å²) in [5.74, 6) is -0.209. The maximum atomic E-state index is 11.7. The zero-order valence-corrected chi connectivity index (χ0v) is 12.6. The molecule has 0 saturated carbocycles. The van der Waals surface area contributed by atoms with Gasteiger partial charge < -0.3 is 20.7 Å². The molecule has 0 radical (unpaired) electrons. The maximum absolute atomic E-state index is 11.7. The molecule has 2 amide bonds. The largest absolute Gasteiger partial charge is 0.385 e. The second kappa shape index (κ2) is 9.77. The minimum atomic E-state index is -0.120. The van der Waals surface area contributed by atoms with Crippen LogP contribution in [0.3, 0.4) is 0 Å². The molecule has 0 spiro atoms. The topological polar surface area (TPSA) is 79.5 Å². The van der Waals surface area contributed by atoms with Crippen molar-refractivity contribution in [2.45, 2.75) is 13.3 Å². The Morgan fingerprint density at radius 3 is 2.76 bits per heavy atom. The van der Waals surface area contributed by atoms with Gasteiger partial charge >= 0.3 is 0 Å². The SMILES string of the molecule is CCNC(=O)c1cccc(NCC(=O)NCCCOC)c1. The van der Waals surface area contributed by atoms with Crippen LogP contribution in [0.25, 0.3) is 0 Å². The van der Waals surface area contributed by atoms with Crippen LogP contribution in [0, 0.1) is 0 Å². The fraction of sp³-hybridized carbons (Fsp3) is 0.467. The molecule has 0 heterocycles. The lowest BCUT2D eigenvalue weighted by Gasteiger charge is -2.09. The van der Waals surface area contributed by atoms with E-state index in [-0.39, 0.29) is 18.4 Å². The summed E-state index contributed by atoms with van der Waals surface area (Å²) in [4.78, 5) is 23.3. The highest BCUT2D eigenvalue weighted by atomic mass is 16.5. The van der Waals surface area contributed by atoms with Gasteiger partial charge in [0, 0.05) is 38.1 Å². The molecule has 3 N–H and O–H groups in total. The summed E-state index contributed by atoms with van der Waals surface area (Å²) < 4.78 is 4.90. The number of amides is 2. The molecule has 0 saturated heterocycles. The van der Waals surface area contributed by atoms with E-state index in [9.17, 15) is 9.59 Å². The van der Waals surface area contributed by atoms with Gasteiger partial charge in [-0.3, -0.25) is 9.59 Å². The van der Waals surface area contributed by atoms with E-state index in [1.165, 1.54) is 0 Å². The molecule has 0 bridgehead atoms. The zero-order chi connectivity index (χ0) is 15.5. The molecule has 0 aliphatic heterocycles. The Morgan fingerprint density at radius 1 is 1.24 bits per heavy atom. The number of nitrogens with one attached hydrogen (secondary N) is 3. The lowest BCUT2D eigenvalue weighted by molar-refractivity contribution is -0.119. The number of anilines is 1. The Morgan fingerprint density at radius 2 is 2.05 bits per heavy atom. The number of methoxy groups -OCH3 is 1. The fourth-order valence-corrected chi connectivity index (χ4v) is 1.72. The number of ether oxygens (including phenoxy) is 1. The van der Waals surface area contributed by atoms with Gasteiger partial charge in [0.1, 0.15) is 0 Å². The summed E-state index contributed by atoms with van der Waals surface area (Å²) >= 11 is 0. The number of rotatable bonds is 9. The molecule has 6 heteroatoms. The molecule has 0 fully saturated rings. The Bertz CT molecular complexity index is 463. The first-order chi connectivity index (χ1) is 10.2. The Balaban J connectivity index is 2.39. The molecule has 1 aromatic carbocycles. The predicted octanol–water partition coefficient (Wildman–Crippen LogP) is 1.00. The zero-order valence-electron chi connectivity index (χ0n) is 12.6. The van der Waals surface area contributed by atoms with Gasteiger partial charge in [0.15, 0.2) is 0 Å². The van der Waals surface area contributed by atoms with Crippen molar-refractivity contribution < 1.29 is 14.3 Å². The van der Waals surface area contributed by atoms with Crippen LogP contribution in [-0.2, 0) is 9.53 Å². The number of hydrogen-bond donors (Lipinski definition) is 3. The van der Waals surface area contributed by atoms with E-state index < -0.39 is 0 Å². The van der Waals surface area contributed by atoms with Crippen molar-refractivity contribution in [3.8, 4) is 0 Å². The van der Waals surface area contributed by atoms with Crippen LogP contribution < -0.4 is 16.0 Å². The minimum Gasteiger partial charge on any atom is -0.385 e. The molecule has 21 heavy (non-hydrogen) atoms. The summed E-state index contributed by atoms with van der Waals surface area (Å²) in [7, 11) is 1.63. The first kappa shape index (κ1) is 17.0. The van der Waals surface area contributed by atoms with Crippen molar-refractivity contribution in [1.29, 1.82) is 0 Å². The van der Waals surface area contributed by atoms with Crippen molar-refractivity contribution >= 4 is 17.5 Å². The molecule has 1 aromatic rings. The fourth-order valence-electron chi connectivity index (χ4n) is 1.72. The van der Waals surface area contributed by atoms with Crippen molar-refractivity contribution in [3.63, 3.8) is 0 Å². The first-order valence-corrected chi connectivity index (χ1v) is 7.05. The lowest BCUT2D eigenvalue weighted by Crippen LogP contribution is -2.31. The molecule has 0 unspecified atom stereocenters. The predicted molar refractivity (Wildman–Crippen MR) is 82.4 cm³/mol. The average Bonchev–Trinajstić information content (AvgIpc) is 2.50. The van der Waals surface area contributed by atoms with Gasteiger partial charge in [-0.1, -0.05) is 6.07 Å². The Hall–Kier alpha value is -2.08. The smallest absolute Gasteiger partial charge is 0.251 e. The van der Waals surface area contributed by atoms with Gasteiger partial charge in [0.25, 0.3) is 5.91 Å². The Labute approximate surface area is 125 Å². The van der Waals surface area contributed by atoms with Gasteiger partial charge in [0.2, 0.25) is 5.91 Å². The van der Waals surface area contributed by atoms with Crippen LogP contribution >= 0.6 is 0 Å². The summed E-state index contributed by atoms with van der Waals surface area (Å²) in [5.41, 5.74) is 1.31. The van der Waals surface area contributed by atoms with Crippen molar-refractivity contribution in [2.75, 3.05) is 38.7 Å². The van der Waals surface area contributed by atoms with E-state index in [2.05, 4.69) is 16.0 Å². The number of carbonyl (C=O) groups is 2. The highest BCUT2D eigenvalue weighted by Crippen LogP contribution is 2.10. The van der Waals surface area contributed by atoms with Crippen molar-refractivity contribution in [1.82, 2.24) is 10.6 Å². The maximum Gasteiger partial charge on any atom is 0.251 e. The van der Waals surface area contributed by atoms with E-state index in [4.69, 9.17) is 4.74 Å². The summed E-state index contributed by atoms with van der Waals surface area (Å²) in [5, 5.41) is 8.52. The van der Waals surface area contributed by atoms with E-state index in [1.54, 1.807) is 25.3 Å². The lowest BCUT2D eigenvalue weighted by atomic mass is 10.2. The van der Waals surface area contributed by atoms with Crippen LogP contribution in [0.5, 0.6) is 0 Å². The van der Waals surface area contributed by atoms with E-state index in [0.717, 1.165) is 12.1 Å². The minimum absolute atomic E-state index is 0.0884. The highest BCUT2D eigenvalue weighted by molar-refractivity contribution is 5.95. The monoisotopic (exact) mass is 293 g/mol. The standard InChI is InChI=1S/C15H23N3O3/c1-3-16-15(20)12-6-4-7-13(10-12)18-11-14(19)17-8-5-9-21-2/h4,6-7,10,18H,3,5,8-9,11H2,1-2H3,(H,16,20)(H,17,19). The van der Waals surface area contributed by atoms with Crippen LogP contribution in [-0.4, -0.2) is 45.2 Å². The average molecular weight is 293 g/mol. The van der Waals surface area contributed by atoms with Gasteiger partial charge in [-0.15, -0.1) is 0 Å². The van der Waals surface area contributed by atoms with Crippen LogP contribution in [0.15, 0.2) is 24.3 Å². The molecule has 1 rings (SSSR count). The second-order valence-corrected chi connectivity index (χ2v) is 4.49. The van der Waals surface area contributed by atoms with Gasteiger partial charge in [-0.05, 0) is 31.5 Å². The third-order valence-corrected chi connectivity index (χ3v) is 2.76. The number of carbonyl (C=O) groups excluding carboxylic acids is 2. The molecule has 0 aliphatic carbocycles. The molecular formula is C15H23N3O3. The summed E-state index contributed by atoms with van der Waals surface area (Å²) in [6, 6.07) is 7.06. The van der Waals surface area contributed by atoms with Gasteiger partial charge in [-0.25, -0.2) is 0 Å². The van der Waals surface area contributed by atoms with Gasteiger partial charge in [0.05, 0.1) is 6.54 Å². The molecule has 0 atom stereocenters. The molecule has 6 nitrogen and oxygen atoms in total. The molecule has 0 aromatic heterocycles. The number of hydrogen-bond acceptors (Lipinski definition) is 4. The quantitative estimate of drug-likeness (QED) is 0.594. The first-order valence-electron chi connectivity index (χ1n) is 7.05. The van der Waals surface area contributed by atoms with Crippen molar-refractivity contribution in [3.05, 3.63) is 29.8 Å². The summed E-state index contributed by atoms with van der Waals surface area (Å²) in [6.07, 6.45) is 0.787. The Kier molecular flexibility index (Phi) is 7.89. The van der Waals surface area contributed by atoms with Crippen molar-refractivity contribution in [2.24, 2.45) is 0 Å². The van der Waals surface area contributed by atoms with E-state index >= 15 is 0 Å². The number of benzene rings is 1. The molecule has 0 aliphatic rings. The van der Waals surface area contributed by atoms with Crippen LogP contribution in [0.4, 0.5) is 5.69 Å². The normalized spacial score (nSPS) is 10.0. The third kappa shape index (κ3) is 6.76.